The van der Waals surface area contributed by atoms with E-state index in [1.807, 2.05) is 6.92 Å². The molecule has 5 heteroatoms. The Hall–Kier alpha value is -1.13. The van der Waals surface area contributed by atoms with E-state index in [2.05, 4.69) is 4.98 Å². The molecule has 15 heavy (non-hydrogen) atoms. The predicted octanol–water partition coefficient (Wildman–Crippen LogP) is 1.14. The highest BCUT2D eigenvalue weighted by atomic mass is 35.5. The van der Waals surface area contributed by atoms with E-state index in [1.165, 1.54) is 4.90 Å². The molecular weight excluding hydrogens is 216 g/mol. The van der Waals surface area contributed by atoms with Gasteiger partial charge in [0, 0.05) is 0 Å². The van der Waals surface area contributed by atoms with Gasteiger partial charge in [-0.2, -0.15) is 0 Å². The minimum absolute atomic E-state index is 0.0778. The van der Waals surface area contributed by atoms with Crippen LogP contribution in [0.3, 0.4) is 0 Å². The molecule has 0 bridgehead atoms. The molecule has 1 N–H and O–H groups in total. The van der Waals surface area contributed by atoms with Crippen molar-refractivity contribution < 1.29 is 9.90 Å². The molecule has 1 aliphatic heterocycles. The molecule has 1 aromatic heterocycles. The molecule has 1 unspecified atom stereocenters. The molecule has 0 saturated carbocycles. The van der Waals surface area contributed by atoms with Gasteiger partial charge in [0.15, 0.2) is 0 Å². The summed E-state index contributed by atoms with van der Waals surface area (Å²) in [6.45, 7) is 2.16. The SMILES string of the molecule is Cc1cc(N2CC(O)CC2=O)cnc1Cl. The maximum absolute atomic E-state index is 11.5. The molecular formula is C10H11ClN2O2. The summed E-state index contributed by atoms with van der Waals surface area (Å²) < 4.78 is 0. The Labute approximate surface area is 92.5 Å². The van der Waals surface area contributed by atoms with E-state index >= 15 is 0 Å². The van der Waals surface area contributed by atoms with E-state index < -0.39 is 6.10 Å². The van der Waals surface area contributed by atoms with Crippen molar-refractivity contribution in [3.63, 3.8) is 0 Å². The second-order valence-corrected chi connectivity index (χ2v) is 4.02. The maximum atomic E-state index is 11.5. The van der Waals surface area contributed by atoms with Gasteiger partial charge in [0.1, 0.15) is 5.15 Å². The number of hydrogen-bond acceptors (Lipinski definition) is 3. The first-order valence-electron chi connectivity index (χ1n) is 4.68. The number of carbonyl (C=O) groups excluding carboxylic acids is 1. The summed E-state index contributed by atoms with van der Waals surface area (Å²) in [6.07, 6.45) is 1.15. The van der Waals surface area contributed by atoms with Crippen LogP contribution in [0.4, 0.5) is 5.69 Å². The number of amides is 1. The molecule has 0 aliphatic carbocycles. The molecule has 80 valence electrons. The van der Waals surface area contributed by atoms with Gasteiger partial charge in [-0.1, -0.05) is 11.6 Å². The Kier molecular flexibility index (Phi) is 2.63. The first-order chi connectivity index (χ1) is 7.08. The molecule has 1 aliphatic rings. The number of hydrogen-bond donors (Lipinski definition) is 1. The van der Waals surface area contributed by atoms with E-state index in [1.54, 1.807) is 12.3 Å². The number of aliphatic hydroxyl groups is 1. The highest BCUT2D eigenvalue weighted by Crippen LogP contribution is 2.24. The van der Waals surface area contributed by atoms with E-state index in [0.717, 1.165) is 5.56 Å². The Bertz CT molecular complexity index is 408. The van der Waals surface area contributed by atoms with Crippen molar-refractivity contribution in [3.8, 4) is 0 Å². The van der Waals surface area contributed by atoms with Gasteiger partial charge >= 0.3 is 0 Å². The van der Waals surface area contributed by atoms with Crippen molar-refractivity contribution in [2.24, 2.45) is 0 Å². The average molecular weight is 227 g/mol. The van der Waals surface area contributed by atoms with Gasteiger partial charge in [-0.05, 0) is 18.6 Å². The zero-order valence-electron chi connectivity index (χ0n) is 8.27. The standard InChI is InChI=1S/C10H11ClN2O2/c1-6-2-7(4-12-10(6)11)13-5-8(14)3-9(13)15/h2,4,8,14H,3,5H2,1H3. The fraction of sp³-hybridized carbons (Fsp3) is 0.400. The average Bonchev–Trinajstić information content (AvgIpc) is 2.50. The van der Waals surface area contributed by atoms with Crippen molar-refractivity contribution in [1.82, 2.24) is 4.98 Å². The van der Waals surface area contributed by atoms with E-state index in [-0.39, 0.29) is 12.3 Å². The molecule has 1 fully saturated rings. The Morgan fingerprint density at radius 3 is 2.93 bits per heavy atom. The Morgan fingerprint density at radius 2 is 2.40 bits per heavy atom. The molecule has 1 saturated heterocycles. The molecule has 0 aromatic carbocycles. The van der Waals surface area contributed by atoms with Crippen molar-refractivity contribution >= 4 is 23.2 Å². The van der Waals surface area contributed by atoms with Gasteiger partial charge in [0.25, 0.3) is 0 Å². The summed E-state index contributed by atoms with van der Waals surface area (Å²) in [7, 11) is 0. The summed E-state index contributed by atoms with van der Waals surface area (Å²) in [4.78, 5) is 17.0. The normalized spacial score (nSPS) is 21.1. The highest BCUT2D eigenvalue weighted by molar-refractivity contribution is 6.30. The molecule has 1 amide bonds. The lowest BCUT2D eigenvalue weighted by Gasteiger charge is -2.15. The molecule has 1 atom stereocenters. The Balaban J connectivity index is 2.30. The van der Waals surface area contributed by atoms with Crippen molar-refractivity contribution in [2.75, 3.05) is 11.4 Å². The summed E-state index contributed by atoms with van der Waals surface area (Å²) >= 11 is 5.79. The van der Waals surface area contributed by atoms with Crippen LogP contribution in [-0.2, 0) is 4.79 Å². The number of rotatable bonds is 1. The van der Waals surface area contributed by atoms with Crippen LogP contribution < -0.4 is 4.90 Å². The topological polar surface area (TPSA) is 53.4 Å². The number of nitrogens with zero attached hydrogens (tertiary/aromatic N) is 2. The summed E-state index contributed by atoms with van der Waals surface area (Å²) in [5.74, 6) is -0.0778. The second-order valence-electron chi connectivity index (χ2n) is 3.66. The summed E-state index contributed by atoms with van der Waals surface area (Å²) in [5, 5.41) is 9.78. The van der Waals surface area contributed by atoms with Crippen LogP contribution in [-0.4, -0.2) is 28.6 Å². The first kappa shape index (κ1) is 10.4. The molecule has 0 spiro atoms. The number of pyridine rings is 1. The third-order valence-electron chi connectivity index (χ3n) is 2.42. The molecule has 2 rings (SSSR count). The monoisotopic (exact) mass is 226 g/mol. The highest BCUT2D eigenvalue weighted by Gasteiger charge is 2.29. The smallest absolute Gasteiger partial charge is 0.229 e. The van der Waals surface area contributed by atoms with Crippen molar-refractivity contribution in [3.05, 3.63) is 23.0 Å². The Morgan fingerprint density at radius 1 is 1.67 bits per heavy atom. The van der Waals surface area contributed by atoms with Crippen molar-refractivity contribution in [1.29, 1.82) is 0 Å². The quantitative estimate of drug-likeness (QED) is 0.731. The number of anilines is 1. The van der Waals surface area contributed by atoms with Crippen LogP contribution >= 0.6 is 11.6 Å². The minimum Gasteiger partial charge on any atom is -0.391 e. The molecule has 0 radical (unpaired) electrons. The van der Waals surface area contributed by atoms with Gasteiger partial charge in [-0.25, -0.2) is 4.98 Å². The molecule has 2 heterocycles. The van der Waals surface area contributed by atoms with Crippen LogP contribution in [0.5, 0.6) is 0 Å². The maximum Gasteiger partial charge on any atom is 0.229 e. The summed E-state index contributed by atoms with van der Waals surface area (Å²) in [5.41, 5.74) is 1.52. The third kappa shape index (κ3) is 1.96. The largest absolute Gasteiger partial charge is 0.391 e. The van der Waals surface area contributed by atoms with Crippen LogP contribution in [0.1, 0.15) is 12.0 Å². The second kappa shape index (κ2) is 3.79. The number of halogens is 1. The van der Waals surface area contributed by atoms with Gasteiger partial charge in [-0.3, -0.25) is 4.79 Å². The van der Waals surface area contributed by atoms with Crippen LogP contribution in [0.2, 0.25) is 5.15 Å². The van der Waals surface area contributed by atoms with Gasteiger partial charge in [0.2, 0.25) is 5.91 Å². The summed E-state index contributed by atoms with van der Waals surface area (Å²) in [6, 6.07) is 1.80. The van der Waals surface area contributed by atoms with Crippen LogP contribution in [0.25, 0.3) is 0 Å². The van der Waals surface area contributed by atoms with E-state index in [0.29, 0.717) is 17.4 Å². The van der Waals surface area contributed by atoms with E-state index in [4.69, 9.17) is 11.6 Å². The zero-order valence-corrected chi connectivity index (χ0v) is 9.03. The van der Waals surface area contributed by atoms with Gasteiger partial charge in [-0.15, -0.1) is 0 Å². The molecule has 4 nitrogen and oxygen atoms in total. The number of aromatic nitrogens is 1. The molecule has 1 aromatic rings. The lowest BCUT2D eigenvalue weighted by molar-refractivity contribution is -0.117. The van der Waals surface area contributed by atoms with Crippen LogP contribution in [0.15, 0.2) is 12.3 Å². The number of aryl methyl sites for hydroxylation is 1. The number of carbonyl (C=O) groups is 1. The fourth-order valence-corrected chi connectivity index (χ4v) is 1.73. The van der Waals surface area contributed by atoms with Gasteiger partial charge in [0.05, 0.1) is 31.0 Å². The lowest BCUT2D eigenvalue weighted by Crippen LogP contribution is -2.25. The fourth-order valence-electron chi connectivity index (χ4n) is 1.63. The van der Waals surface area contributed by atoms with Gasteiger partial charge < -0.3 is 10.0 Å². The number of aliphatic hydroxyl groups excluding tert-OH is 1. The van der Waals surface area contributed by atoms with E-state index in [9.17, 15) is 9.90 Å². The lowest BCUT2D eigenvalue weighted by atomic mass is 10.3. The zero-order chi connectivity index (χ0) is 11.0. The van der Waals surface area contributed by atoms with Crippen molar-refractivity contribution in [2.45, 2.75) is 19.4 Å². The number of β-amino-alcohol motifs (C(OH)–C–C–N with tert-alkyl or cyclic N) is 1. The minimum atomic E-state index is -0.575. The predicted molar refractivity (Wildman–Crippen MR) is 57.0 cm³/mol. The van der Waals surface area contributed by atoms with Crippen LogP contribution in [0, 0.1) is 6.92 Å². The first-order valence-corrected chi connectivity index (χ1v) is 5.06. The third-order valence-corrected chi connectivity index (χ3v) is 2.81.